The van der Waals surface area contributed by atoms with Crippen LogP contribution in [0, 0.1) is 6.92 Å². The van der Waals surface area contributed by atoms with E-state index in [2.05, 4.69) is 33.8 Å². The molecular weight excluding hydrogens is 222 g/mol. The molecule has 6 heteroatoms. The number of thioether (sulfide) groups is 1. The molecule has 2 heterocycles. The van der Waals surface area contributed by atoms with Crippen LogP contribution >= 0.6 is 11.8 Å². The van der Waals surface area contributed by atoms with Gasteiger partial charge in [-0.05, 0) is 32.2 Å². The lowest BCUT2D eigenvalue weighted by molar-refractivity contribution is 0.842. The maximum absolute atomic E-state index is 4.43. The molecule has 0 amide bonds. The molecule has 0 saturated carbocycles. The third kappa shape index (κ3) is 2.27. The first kappa shape index (κ1) is 11.2. The van der Waals surface area contributed by atoms with Gasteiger partial charge in [-0.1, -0.05) is 0 Å². The predicted molar refractivity (Wildman–Crippen MR) is 67.0 cm³/mol. The Morgan fingerprint density at radius 2 is 2.25 bits per heavy atom. The lowest BCUT2D eigenvalue weighted by Gasteiger charge is -2.12. The fraction of sp³-hybridized carbons (Fsp3) is 0.500. The summed E-state index contributed by atoms with van der Waals surface area (Å²) in [6.07, 6.45) is 2.10. The lowest BCUT2D eigenvalue weighted by atomic mass is 10.4. The number of hydrogen-bond acceptors (Lipinski definition) is 5. The van der Waals surface area contributed by atoms with Crippen molar-refractivity contribution in [3.63, 3.8) is 0 Å². The second kappa shape index (κ2) is 4.69. The maximum atomic E-state index is 4.43. The van der Waals surface area contributed by atoms with Gasteiger partial charge in [0, 0.05) is 11.8 Å². The number of nitrogens with one attached hydrogen (secondary N) is 1. The van der Waals surface area contributed by atoms with Gasteiger partial charge in [-0.3, -0.25) is 0 Å². The van der Waals surface area contributed by atoms with Gasteiger partial charge in [-0.2, -0.15) is 16.3 Å². The molecule has 0 spiro atoms. The van der Waals surface area contributed by atoms with Crippen molar-refractivity contribution < 1.29 is 0 Å². The van der Waals surface area contributed by atoms with Crippen molar-refractivity contribution in [2.24, 2.45) is 0 Å². The van der Waals surface area contributed by atoms with E-state index in [1.807, 2.05) is 30.8 Å². The Bertz CT molecular complexity index is 481. The number of rotatable bonds is 4. The molecule has 0 aliphatic carbocycles. The van der Waals surface area contributed by atoms with Crippen molar-refractivity contribution >= 4 is 23.2 Å². The molecule has 2 aromatic heterocycles. The number of aromatic nitrogens is 4. The van der Waals surface area contributed by atoms with Gasteiger partial charge in [0.1, 0.15) is 5.82 Å². The minimum absolute atomic E-state index is 0.400. The highest BCUT2D eigenvalue weighted by molar-refractivity contribution is 7.98. The molecule has 0 radical (unpaired) electrons. The maximum Gasteiger partial charge on any atom is 0.178 e. The number of hydrogen-bond donors (Lipinski definition) is 1. The van der Waals surface area contributed by atoms with Gasteiger partial charge in [-0.15, -0.1) is 15.3 Å². The number of anilines is 1. The summed E-state index contributed by atoms with van der Waals surface area (Å²) in [5.41, 5.74) is 0.778. The van der Waals surface area contributed by atoms with E-state index in [1.54, 1.807) is 4.52 Å². The van der Waals surface area contributed by atoms with Crippen LogP contribution < -0.4 is 5.32 Å². The van der Waals surface area contributed by atoms with Gasteiger partial charge in [0.15, 0.2) is 11.5 Å². The van der Waals surface area contributed by atoms with Crippen molar-refractivity contribution in [1.29, 1.82) is 0 Å². The minimum atomic E-state index is 0.400. The molecule has 2 rings (SSSR count). The third-order valence-corrected chi connectivity index (χ3v) is 3.06. The van der Waals surface area contributed by atoms with Crippen LogP contribution in [0.1, 0.15) is 12.7 Å². The highest BCUT2D eigenvalue weighted by Gasteiger charge is 2.05. The molecule has 0 saturated heterocycles. The van der Waals surface area contributed by atoms with Crippen LogP contribution in [0.15, 0.2) is 12.1 Å². The standard InChI is InChI=1S/C10H15N5S/c1-7(6-16-3)11-9-4-5-10-13-12-8(2)15(10)14-9/h4-5,7H,6H2,1-3H3,(H,11,14). The average Bonchev–Trinajstić information content (AvgIpc) is 2.61. The predicted octanol–water partition coefficient (Wildman–Crippen LogP) is 1.60. The first-order valence-electron chi connectivity index (χ1n) is 5.15. The van der Waals surface area contributed by atoms with Gasteiger partial charge in [0.05, 0.1) is 0 Å². The number of fused-ring (bicyclic) bond motifs is 1. The quantitative estimate of drug-likeness (QED) is 0.875. The SMILES string of the molecule is CSCC(C)Nc1ccc2nnc(C)n2n1. The first-order chi connectivity index (χ1) is 7.70. The third-order valence-electron chi connectivity index (χ3n) is 2.23. The summed E-state index contributed by atoms with van der Waals surface area (Å²) in [4.78, 5) is 0. The van der Waals surface area contributed by atoms with Crippen LogP contribution in [-0.4, -0.2) is 37.9 Å². The van der Waals surface area contributed by atoms with Gasteiger partial charge >= 0.3 is 0 Å². The molecule has 0 fully saturated rings. The summed E-state index contributed by atoms with van der Waals surface area (Å²) >= 11 is 1.82. The Hall–Kier alpha value is -1.30. The topological polar surface area (TPSA) is 55.1 Å². The van der Waals surface area contributed by atoms with Crippen LogP contribution in [0.2, 0.25) is 0 Å². The van der Waals surface area contributed by atoms with Crippen molar-refractivity contribution in [3.8, 4) is 0 Å². The normalized spacial score (nSPS) is 12.9. The summed E-state index contributed by atoms with van der Waals surface area (Å²) in [5, 5.41) is 15.7. The van der Waals surface area contributed by atoms with E-state index in [9.17, 15) is 0 Å². The van der Waals surface area contributed by atoms with Crippen molar-refractivity contribution in [2.75, 3.05) is 17.3 Å². The zero-order valence-electron chi connectivity index (χ0n) is 9.64. The summed E-state index contributed by atoms with van der Waals surface area (Å²) in [6.45, 7) is 4.03. The van der Waals surface area contributed by atoms with E-state index >= 15 is 0 Å². The zero-order chi connectivity index (χ0) is 11.5. The molecular formula is C10H15N5S. The van der Waals surface area contributed by atoms with Crippen LogP contribution in [0.3, 0.4) is 0 Å². The lowest BCUT2D eigenvalue weighted by Crippen LogP contribution is -2.19. The Labute approximate surface area is 98.6 Å². The molecule has 5 nitrogen and oxygen atoms in total. The van der Waals surface area contributed by atoms with E-state index < -0.39 is 0 Å². The molecule has 16 heavy (non-hydrogen) atoms. The van der Waals surface area contributed by atoms with Gasteiger partial charge in [0.25, 0.3) is 0 Å². The van der Waals surface area contributed by atoms with Crippen LogP contribution in [0.25, 0.3) is 5.65 Å². The van der Waals surface area contributed by atoms with Crippen LogP contribution in [0.5, 0.6) is 0 Å². The number of nitrogens with zero attached hydrogens (tertiary/aromatic N) is 4. The van der Waals surface area contributed by atoms with E-state index in [-0.39, 0.29) is 0 Å². The second-order valence-electron chi connectivity index (χ2n) is 3.74. The Morgan fingerprint density at radius 3 is 3.00 bits per heavy atom. The van der Waals surface area contributed by atoms with Crippen molar-refractivity contribution in [2.45, 2.75) is 19.9 Å². The van der Waals surface area contributed by atoms with Crippen LogP contribution in [-0.2, 0) is 0 Å². The largest absolute Gasteiger partial charge is 0.365 e. The smallest absolute Gasteiger partial charge is 0.178 e. The van der Waals surface area contributed by atoms with E-state index in [1.165, 1.54) is 0 Å². The average molecular weight is 237 g/mol. The van der Waals surface area contributed by atoms with Gasteiger partial charge < -0.3 is 5.32 Å². The van der Waals surface area contributed by atoms with E-state index in [4.69, 9.17) is 0 Å². The highest BCUT2D eigenvalue weighted by Crippen LogP contribution is 2.09. The Morgan fingerprint density at radius 1 is 1.44 bits per heavy atom. The molecule has 86 valence electrons. The molecule has 2 aromatic rings. The molecule has 0 bridgehead atoms. The van der Waals surface area contributed by atoms with Crippen molar-refractivity contribution in [3.05, 3.63) is 18.0 Å². The Balaban J connectivity index is 2.21. The summed E-state index contributed by atoms with van der Waals surface area (Å²) in [5.74, 6) is 2.72. The summed E-state index contributed by atoms with van der Waals surface area (Å²) in [6, 6.07) is 4.25. The Kier molecular flexibility index (Phi) is 3.28. The second-order valence-corrected chi connectivity index (χ2v) is 4.65. The van der Waals surface area contributed by atoms with Crippen LogP contribution in [0.4, 0.5) is 5.82 Å². The fourth-order valence-corrected chi connectivity index (χ4v) is 2.10. The summed E-state index contributed by atoms with van der Waals surface area (Å²) in [7, 11) is 0. The zero-order valence-corrected chi connectivity index (χ0v) is 10.5. The van der Waals surface area contributed by atoms with Gasteiger partial charge in [0.2, 0.25) is 0 Å². The molecule has 0 aliphatic heterocycles. The molecule has 0 aromatic carbocycles. The number of aryl methyl sites for hydroxylation is 1. The van der Waals surface area contributed by atoms with Gasteiger partial charge in [-0.25, -0.2) is 0 Å². The van der Waals surface area contributed by atoms with Crippen molar-refractivity contribution in [1.82, 2.24) is 19.8 Å². The van der Waals surface area contributed by atoms with E-state index in [0.29, 0.717) is 6.04 Å². The molecule has 1 unspecified atom stereocenters. The molecule has 1 atom stereocenters. The highest BCUT2D eigenvalue weighted by atomic mass is 32.2. The summed E-state index contributed by atoms with van der Waals surface area (Å²) < 4.78 is 1.74. The minimum Gasteiger partial charge on any atom is -0.365 e. The molecule has 0 aliphatic rings. The fourth-order valence-electron chi connectivity index (χ4n) is 1.52. The first-order valence-corrected chi connectivity index (χ1v) is 6.54. The van der Waals surface area contributed by atoms with E-state index in [0.717, 1.165) is 23.0 Å². The molecule has 1 N–H and O–H groups in total. The monoisotopic (exact) mass is 237 g/mol.